The van der Waals surface area contributed by atoms with Gasteiger partial charge in [0.05, 0.1) is 24.8 Å². The Labute approximate surface area is 182 Å². The molecule has 2 aromatic rings. The molecule has 0 amide bonds. The van der Waals surface area contributed by atoms with E-state index in [9.17, 15) is 9.90 Å². The van der Waals surface area contributed by atoms with Crippen LogP contribution in [0.25, 0.3) is 0 Å². The van der Waals surface area contributed by atoms with Gasteiger partial charge in [-0.3, -0.25) is 0 Å². The van der Waals surface area contributed by atoms with E-state index in [2.05, 4.69) is 11.4 Å². The Kier molecular flexibility index (Phi) is 7.96. The van der Waals surface area contributed by atoms with Gasteiger partial charge >= 0.3 is 5.97 Å². The van der Waals surface area contributed by atoms with E-state index in [4.69, 9.17) is 25.8 Å². The first-order valence-corrected chi connectivity index (χ1v) is 10.5. The topological polar surface area (TPSA) is 77.0 Å². The van der Waals surface area contributed by atoms with Crippen molar-refractivity contribution in [2.24, 2.45) is 0 Å². The number of aryl methyl sites for hydroxylation is 1. The molecule has 0 unspecified atom stereocenters. The summed E-state index contributed by atoms with van der Waals surface area (Å²) in [6.07, 6.45) is 2.12. The van der Waals surface area contributed by atoms with Crippen molar-refractivity contribution in [2.45, 2.75) is 38.3 Å². The van der Waals surface area contributed by atoms with E-state index in [1.807, 2.05) is 18.2 Å². The normalized spacial score (nSPS) is 16.5. The summed E-state index contributed by atoms with van der Waals surface area (Å²) in [5.74, 6) is 0.878. The molecule has 0 aromatic heterocycles. The standard InChI is InChI=1S/C23H28ClNO5/c1-3-29-23(27)14-30-19-8-5-15-4-7-18(10-17(15)11-19)25-13-21(26)16-6-9-22(28-2)20(24)12-16/h5-6,8-9,11-12,18,21,25-26H,3-4,7,10,13-14H2,1-2H3/t18-,21+/m0/s1. The lowest BCUT2D eigenvalue weighted by molar-refractivity contribution is -0.145. The molecule has 7 heteroatoms. The number of hydrogen-bond acceptors (Lipinski definition) is 6. The van der Waals surface area contributed by atoms with Crippen LogP contribution in [0.15, 0.2) is 36.4 Å². The van der Waals surface area contributed by atoms with Gasteiger partial charge in [-0.1, -0.05) is 23.7 Å². The Morgan fingerprint density at radius 3 is 2.83 bits per heavy atom. The van der Waals surface area contributed by atoms with Gasteiger partial charge in [0.15, 0.2) is 6.61 Å². The Morgan fingerprint density at radius 2 is 2.10 bits per heavy atom. The van der Waals surface area contributed by atoms with Crippen molar-refractivity contribution in [1.82, 2.24) is 5.32 Å². The summed E-state index contributed by atoms with van der Waals surface area (Å²) in [4.78, 5) is 11.5. The van der Waals surface area contributed by atoms with Crippen LogP contribution in [0.1, 0.15) is 36.1 Å². The number of carbonyl (C=O) groups is 1. The van der Waals surface area contributed by atoms with E-state index >= 15 is 0 Å². The highest BCUT2D eigenvalue weighted by Crippen LogP contribution is 2.28. The number of aliphatic hydroxyl groups is 1. The summed E-state index contributed by atoms with van der Waals surface area (Å²) in [5.41, 5.74) is 3.24. The van der Waals surface area contributed by atoms with E-state index in [-0.39, 0.29) is 18.6 Å². The third-order valence-electron chi connectivity index (χ3n) is 5.23. The van der Waals surface area contributed by atoms with Gasteiger partial charge in [0, 0.05) is 12.6 Å². The number of hydrogen-bond donors (Lipinski definition) is 2. The van der Waals surface area contributed by atoms with Gasteiger partial charge in [-0.25, -0.2) is 4.79 Å². The summed E-state index contributed by atoms with van der Waals surface area (Å²) in [6.45, 7) is 2.45. The molecule has 6 nitrogen and oxygen atoms in total. The maximum atomic E-state index is 11.5. The zero-order valence-electron chi connectivity index (χ0n) is 17.3. The second-order valence-electron chi connectivity index (χ2n) is 7.28. The van der Waals surface area contributed by atoms with E-state index in [1.54, 1.807) is 26.2 Å². The molecular weight excluding hydrogens is 406 g/mol. The fraction of sp³-hybridized carbons (Fsp3) is 0.435. The first kappa shape index (κ1) is 22.4. The van der Waals surface area contributed by atoms with Crippen LogP contribution < -0.4 is 14.8 Å². The Bertz CT molecular complexity index is 873. The van der Waals surface area contributed by atoms with Gasteiger partial charge in [0.1, 0.15) is 11.5 Å². The molecule has 3 rings (SSSR count). The molecule has 2 aromatic carbocycles. The molecule has 0 radical (unpaired) electrons. The monoisotopic (exact) mass is 433 g/mol. The second-order valence-corrected chi connectivity index (χ2v) is 7.69. The lowest BCUT2D eigenvalue weighted by Gasteiger charge is -2.27. The second kappa shape index (κ2) is 10.7. The number of nitrogens with one attached hydrogen (secondary N) is 1. The highest BCUT2D eigenvalue weighted by Gasteiger charge is 2.20. The molecule has 0 aliphatic heterocycles. The fourth-order valence-corrected chi connectivity index (χ4v) is 3.89. The highest BCUT2D eigenvalue weighted by atomic mass is 35.5. The Balaban J connectivity index is 1.54. The number of halogens is 1. The van der Waals surface area contributed by atoms with Gasteiger partial charge in [0.25, 0.3) is 0 Å². The van der Waals surface area contributed by atoms with Crippen LogP contribution in [0.3, 0.4) is 0 Å². The zero-order valence-corrected chi connectivity index (χ0v) is 18.1. The summed E-state index contributed by atoms with van der Waals surface area (Å²) >= 11 is 6.16. The minimum absolute atomic E-state index is 0.0923. The smallest absolute Gasteiger partial charge is 0.344 e. The molecule has 0 heterocycles. The predicted octanol–water partition coefficient (Wildman–Crippen LogP) is 3.47. The number of rotatable bonds is 9. The maximum absolute atomic E-state index is 11.5. The highest BCUT2D eigenvalue weighted by molar-refractivity contribution is 6.32. The van der Waals surface area contributed by atoms with Crippen molar-refractivity contribution in [1.29, 1.82) is 0 Å². The maximum Gasteiger partial charge on any atom is 0.344 e. The fourth-order valence-electron chi connectivity index (χ4n) is 3.63. The SMILES string of the molecule is CCOC(=O)COc1ccc2c(c1)C[C@@H](NC[C@@H](O)c1ccc(OC)c(Cl)c1)CC2. The zero-order chi connectivity index (χ0) is 21.5. The van der Waals surface area contributed by atoms with Gasteiger partial charge in [-0.05, 0) is 67.1 Å². The average molecular weight is 434 g/mol. The molecule has 30 heavy (non-hydrogen) atoms. The minimum Gasteiger partial charge on any atom is -0.495 e. The molecule has 0 spiro atoms. The molecule has 0 fully saturated rings. The number of fused-ring (bicyclic) bond motifs is 1. The molecule has 162 valence electrons. The van der Waals surface area contributed by atoms with Crippen LogP contribution in [0.2, 0.25) is 5.02 Å². The van der Waals surface area contributed by atoms with Crippen LogP contribution >= 0.6 is 11.6 Å². The number of aliphatic hydroxyl groups excluding tert-OH is 1. The van der Waals surface area contributed by atoms with Crippen LogP contribution in [0.4, 0.5) is 0 Å². The first-order chi connectivity index (χ1) is 14.5. The molecule has 1 aliphatic rings. The van der Waals surface area contributed by atoms with Crippen molar-refractivity contribution < 1.29 is 24.1 Å². The molecule has 2 N–H and O–H groups in total. The van der Waals surface area contributed by atoms with Crippen molar-refractivity contribution in [3.8, 4) is 11.5 Å². The summed E-state index contributed by atoms with van der Waals surface area (Å²) in [7, 11) is 1.56. The Hall–Kier alpha value is -2.28. The average Bonchev–Trinajstić information content (AvgIpc) is 2.75. The summed E-state index contributed by atoms with van der Waals surface area (Å²) in [6, 6.07) is 11.5. The molecule has 0 bridgehead atoms. The van der Waals surface area contributed by atoms with Crippen molar-refractivity contribution in [2.75, 3.05) is 26.9 Å². The van der Waals surface area contributed by atoms with Crippen LogP contribution in [0, 0.1) is 0 Å². The van der Waals surface area contributed by atoms with Gasteiger partial charge in [-0.2, -0.15) is 0 Å². The van der Waals surface area contributed by atoms with Gasteiger partial charge in [-0.15, -0.1) is 0 Å². The van der Waals surface area contributed by atoms with E-state index in [1.165, 1.54) is 11.1 Å². The van der Waals surface area contributed by atoms with Crippen molar-refractivity contribution in [3.05, 3.63) is 58.1 Å². The number of esters is 1. The minimum atomic E-state index is -0.658. The van der Waals surface area contributed by atoms with Gasteiger partial charge in [0.2, 0.25) is 0 Å². The van der Waals surface area contributed by atoms with Crippen LogP contribution in [0.5, 0.6) is 11.5 Å². The number of carbonyl (C=O) groups excluding carboxylic acids is 1. The van der Waals surface area contributed by atoms with E-state index in [0.29, 0.717) is 29.7 Å². The lowest BCUT2D eigenvalue weighted by atomic mass is 9.88. The van der Waals surface area contributed by atoms with Crippen LogP contribution in [-0.4, -0.2) is 44.0 Å². The predicted molar refractivity (Wildman–Crippen MR) is 115 cm³/mol. The quantitative estimate of drug-likeness (QED) is 0.590. The molecule has 2 atom stereocenters. The first-order valence-electron chi connectivity index (χ1n) is 10.1. The largest absolute Gasteiger partial charge is 0.495 e. The number of ether oxygens (including phenoxy) is 3. The number of benzene rings is 2. The summed E-state index contributed by atoms with van der Waals surface area (Å²) in [5, 5.41) is 14.5. The van der Waals surface area contributed by atoms with E-state index < -0.39 is 6.10 Å². The summed E-state index contributed by atoms with van der Waals surface area (Å²) < 4.78 is 15.6. The van der Waals surface area contributed by atoms with Crippen LogP contribution in [-0.2, 0) is 22.4 Å². The third-order valence-corrected chi connectivity index (χ3v) is 5.52. The third kappa shape index (κ3) is 5.88. The van der Waals surface area contributed by atoms with E-state index in [0.717, 1.165) is 24.8 Å². The number of methoxy groups -OCH3 is 1. The molecular formula is C23H28ClNO5. The van der Waals surface area contributed by atoms with Crippen molar-refractivity contribution >= 4 is 17.6 Å². The molecule has 0 saturated carbocycles. The molecule has 1 aliphatic carbocycles. The Morgan fingerprint density at radius 1 is 1.27 bits per heavy atom. The van der Waals surface area contributed by atoms with Crippen molar-refractivity contribution in [3.63, 3.8) is 0 Å². The molecule has 0 saturated heterocycles. The van der Waals surface area contributed by atoms with Gasteiger partial charge < -0.3 is 24.6 Å². The lowest BCUT2D eigenvalue weighted by Crippen LogP contribution is -2.37.